The molecule has 6 saturated heterocycles. The zero-order valence-electron chi connectivity index (χ0n) is 35.1. The van der Waals surface area contributed by atoms with Crippen molar-refractivity contribution in [3.05, 3.63) is 0 Å². The summed E-state index contributed by atoms with van der Waals surface area (Å²) >= 11 is 0. The second-order valence-electron chi connectivity index (χ2n) is 16.8. The van der Waals surface area contributed by atoms with Gasteiger partial charge in [0.2, 0.25) is 0 Å². The van der Waals surface area contributed by atoms with Gasteiger partial charge in [0.15, 0.2) is 37.7 Å². The highest BCUT2D eigenvalue weighted by molar-refractivity contribution is 5.01. The summed E-state index contributed by atoms with van der Waals surface area (Å²) < 4.78 is 61.2. The minimum atomic E-state index is -2.22. The van der Waals surface area contributed by atoms with E-state index in [1.54, 1.807) is 0 Å². The van der Waals surface area contributed by atoms with E-state index in [1.807, 2.05) is 0 Å². The number of ether oxygens (including phenoxy) is 11. The molecule has 6 fully saturated rings. The molecule has 392 valence electrons. The van der Waals surface area contributed by atoms with E-state index in [-0.39, 0.29) is 0 Å². The van der Waals surface area contributed by atoms with Gasteiger partial charge in [-0.05, 0) is 0 Å². The first-order valence-electron chi connectivity index (χ1n) is 21.2. The monoisotopic (exact) mass is 989 g/mol. The summed E-state index contributed by atoms with van der Waals surface area (Å²) in [5, 5.41) is 201. The fraction of sp³-hybridized carbons (Fsp3) is 1.00. The smallest absolute Gasteiger partial charge is 0.187 e. The second-order valence-corrected chi connectivity index (χ2v) is 16.8. The highest BCUT2D eigenvalue weighted by Crippen LogP contribution is 2.37. The van der Waals surface area contributed by atoms with Gasteiger partial charge in [0.05, 0.1) is 45.7 Å². The third-order valence-electron chi connectivity index (χ3n) is 12.5. The average molecular weight is 990 g/mol. The lowest BCUT2D eigenvalue weighted by atomic mass is 9.95. The van der Waals surface area contributed by atoms with Crippen LogP contribution in [-0.4, -0.2) is 321 Å². The van der Waals surface area contributed by atoms with Crippen molar-refractivity contribution >= 4 is 0 Å². The summed E-state index contributed by atoms with van der Waals surface area (Å²) in [5.41, 5.74) is 5.77. The van der Waals surface area contributed by atoms with Gasteiger partial charge in [-0.3, -0.25) is 0 Å². The van der Waals surface area contributed by atoms with Gasteiger partial charge in [-0.1, -0.05) is 0 Å². The van der Waals surface area contributed by atoms with E-state index < -0.39 is 224 Å². The predicted octanol–water partition coefficient (Wildman–Crippen LogP) is -14.1. The first kappa shape index (κ1) is 55.1. The summed E-state index contributed by atoms with van der Waals surface area (Å²) in [6, 6.07) is -1.48. The molecule has 0 bridgehead atoms. The fourth-order valence-electron chi connectivity index (χ4n) is 8.55. The standard InChI is InChI=1S/C36H63NO30/c37-13-18(49)26(12(6-43)57-31(13)56)63-33-21(52)28(16(47)9(3-40)59-33)65-34-22(53)29(17(48)10(4-41)60-34)66-36-24(55)30(25(62-36)7(44)1-38)67-35-23(54)27(15(46)11(5-42)61-35)64-32-20(51)19(50)14(45)8(2-39)58-32/h7-36,38-56H,1-6,37H2/t7-,8-,9-,10-,11-,12-,13-,14+,15+,16-,17-,18-,19+,20-,21+,22+,23-,24-,25+,26-,27+,28+,29+,30-,31+,32+,33-,34-,35-,36+/m1/s1. The quantitative estimate of drug-likeness (QED) is 0.0643. The Hall–Kier alpha value is -1.24. The Morgan fingerprint density at radius 3 is 1.06 bits per heavy atom. The molecule has 21 N–H and O–H groups in total. The van der Waals surface area contributed by atoms with Crippen LogP contribution in [0, 0.1) is 0 Å². The minimum Gasteiger partial charge on any atom is -0.394 e. The van der Waals surface area contributed by atoms with E-state index >= 15 is 0 Å². The fourth-order valence-corrected chi connectivity index (χ4v) is 8.55. The Bertz CT molecular complexity index is 1510. The van der Waals surface area contributed by atoms with E-state index in [2.05, 4.69) is 0 Å². The molecule has 0 aromatic carbocycles. The summed E-state index contributed by atoms with van der Waals surface area (Å²) in [7, 11) is 0. The van der Waals surface area contributed by atoms with Crippen LogP contribution in [0.2, 0.25) is 0 Å². The van der Waals surface area contributed by atoms with Crippen LogP contribution in [0.1, 0.15) is 0 Å². The van der Waals surface area contributed by atoms with Gasteiger partial charge in [0.1, 0.15) is 140 Å². The van der Waals surface area contributed by atoms with Crippen LogP contribution in [-0.2, 0) is 52.1 Å². The van der Waals surface area contributed by atoms with Gasteiger partial charge in [-0.25, -0.2) is 0 Å². The molecule has 30 atom stereocenters. The molecule has 67 heavy (non-hydrogen) atoms. The molecule has 6 aliphatic heterocycles. The van der Waals surface area contributed by atoms with Crippen molar-refractivity contribution in [2.24, 2.45) is 5.73 Å². The SMILES string of the molecule is N[C@@H]1[C@@H](O)[C@H](O[C@H]2O[C@H](CO)[C@@H](O)[C@H](O[C@H]3O[C@H](CO)[C@@H](O)[C@H](O[C@@H]4O[C@@H]([C@H](O)CO)[C@H](O[C@H]5O[C@H](CO)[C@H](O)[C@H](O[C@@H]6O[C@H](CO)[C@H](O)[C@H](O)[C@H]6O)[C@H]5O)[C@H]4O)[C@@H]3O)[C@@H]2O)[C@@H](CO)O[C@@H]1O. The number of hydrogen-bond donors (Lipinski definition) is 20. The number of aliphatic hydroxyl groups excluding tert-OH is 19. The Labute approximate surface area is 378 Å². The molecule has 0 saturated carbocycles. The van der Waals surface area contributed by atoms with Crippen LogP contribution in [0.3, 0.4) is 0 Å². The van der Waals surface area contributed by atoms with Gasteiger partial charge >= 0.3 is 0 Å². The van der Waals surface area contributed by atoms with Gasteiger partial charge in [0.25, 0.3) is 0 Å². The maximum Gasteiger partial charge on any atom is 0.187 e. The number of hydrogen-bond acceptors (Lipinski definition) is 31. The van der Waals surface area contributed by atoms with E-state index in [9.17, 15) is 97.0 Å². The first-order valence-corrected chi connectivity index (χ1v) is 21.2. The lowest BCUT2D eigenvalue weighted by Crippen LogP contribution is -2.67. The molecule has 0 radical (unpaired) electrons. The van der Waals surface area contributed by atoms with Gasteiger partial charge in [-0.2, -0.15) is 0 Å². The molecular formula is C36H63NO30. The van der Waals surface area contributed by atoms with Crippen molar-refractivity contribution in [1.82, 2.24) is 0 Å². The van der Waals surface area contributed by atoms with E-state index in [0.717, 1.165) is 0 Å². The maximum absolute atomic E-state index is 11.5. The Morgan fingerprint density at radius 1 is 0.343 bits per heavy atom. The minimum absolute atomic E-state index is 0.838. The van der Waals surface area contributed by atoms with Crippen molar-refractivity contribution in [2.75, 3.05) is 39.6 Å². The normalized spacial score (nSPS) is 52.6. The highest BCUT2D eigenvalue weighted by atomic mass is 16.8. The molecule has 0 aromatic rings. The maximum atomic E-state index is 11.5. The Balaban J connectivity index is 1.18. The molecule has 6 aliphatic rings. The van der Waals surface area contributed by atoms with Gasteiger partial charge in [-0.15, -0.1) is 0 Å². The number of nitrogens with two attached hydrogens (primary N) is 1. The molecule has 0 unspecified atom stereocenters. The molecule has 31 nitrogen and oxygen atoms in total. The molecule has 0 spiro atoms. The van der Waals surface area contributed by atoms with Crippen molar-refractivity contribution in [2.45, 2.75) is 184 Å². The van der Waals surface area contributed by atoms with Crippen LogP contribution in [0.25, 0.3) is 0 Å². The predicted molar refractivity (Wildman–Crippen MR) is 201 cm³/mol. The number of rotatable bonds is 17. The first-order chi connectivity index (χ1) is 31.8. The zero-order valence-corrected chi connectivity index (χ0v) is 35.1. The molecule has 0 aromatic heterocycles. The van der Waals surface area contributed by atoms with Crippen molar-refractivity contribution in [3.8, 4) is 0 Å². The van der Waals surface area contributed by atoms with E-state index in [4.69, 9.17) is 57.8 Å². The summed E-state index contributed by atoms with van der Waals surface area (Å²) in [6.07, 6.45) is -54.9. The molecule has 31 heteroatoms. The average Bonchev–Trinajstić information content (AvgIpc) is 3.62. The zero-order chi connectivity index (χ0) is 49.3. The second kappa shape index (κ2) is 23.5. The number of aliphatic hydroxyl groups is 19. The van der Waals surface area contributed by atoms with Crippen LogP contribution >= 0.6 is 0 Å². The van der Waals surface area contributed by atoms with Crippen LogP contribution < -0.4 is 5.73 Å². The van der Waals surface area contributed by atoms with Gasteiger partial charge in [0, 0.05) is 0 Å². The Morgan fingerprint density at radius 2 is 0.672 bits per heavy atom. The van der Waals surface area contributed by atoms with Crippen molar-refractivity contribution in [3.63, 3.8) is 0 Å². The summed E-state index contributed by atoms with van der Waals surface area (Å²) in [5.74, 6) is 0. The van der Waals surface area contributed by atoms with Crippen molar-refractivity contribution < 1.29 is 149 Å². The Kier molecular flexibility index (Phi) is 19.4. The molecule has 0 amide bonds. The summed E-state index contributed by atoms with van der Waals surface area (Å²) in [4.78, 5) is 0. The lowest BCUT2D eigenvalue weighted by Gasteiger charge is -2.48. The van der Waals surface area contributed by atoms with E-state index in [1.165, 1.54) is 0 Å². The highest BCUT2D eigenvalue weighted by Gasteiger charge is 2.58. The van der Waals surface area contributed by atoms with E-state index in [0.29, 0.717) is 0 Å². The van der Waals surface area contributed by atoms with Crippen LogP contribution in [0.15, 0.2) is 0 Å². The van der Waals surface area contributed by atoms with Gasteiger partial charge < -0.3 is 155 Å². The third-order valence-corrected chi connectivity index (χ3v) is 12.5. The third kappa shape index (κ3) is 11.2. The largest absolute Gasteiger partial charge is 0.394 e. The molecule has 6 heterocycles. The van der Waals surface area contributed by atoms with Crippen LogP contribution in [0.5, 0.6) is 0 Å². The molecule has 6 rings (SSSR count). The lowest BCUT2D eigenvalue weighted by molar-refractivity contribution is -0.380. The molecule has 0 aliphatic carbocycles. The summed E-state index contributed by atoms with van der Waals surface area (Å²) in [6.45, 7) is -5.72. The van der Waals surface area contributed by atoms with Crippen LogP contribution in [0.4, 0.5) is 0 Å². The topological polar surface area (TPSA) is 512 Å². The molecular weight excluding hydrogens is 926 g/mol. The van der Waals surface area contributed by atoms with Crippen molar-refractivity contribution in [1.29, 1.82) is 0 Å².